The van der Waals surface area contributed by atoms with Crippen LogP contribution in [-0.2, 0) is 0 Å². The fraction of sp³-hybridized carbons (Fsp3) is 0. The maximum absolute atomic E-state index is 2.59. The maximum atomic E-state index is 2.59. The fourth-order valence-electron chi connectivity index (χ4n) is 13.0. The quantitative estimate of drug-likeness (QED) is 0.146. The standard InChI is InChI=1S/C74H44/c1-5-19-45(20-6-1)51-35-52(46-21-7-2-8-22-46)38-55(37-51)69-67-44-64-63(61-33-17-31-59-57-29-15-13-27-49(57)41-65(64)71(59)61)43-66(67)70(56-39-53(47-23-9-3-10-24-47)36-54(40-56)48-25-11-4-12-26-48)74-68-42-50-28-14-16-30-58(50)60-32-18-34-62(72(60)68)73(69)74/h1-44H. The van der Waals surface area contributed by atoms with Gasteiger partial charge in [-0.15, -0.1) is 0 Å². The van der Waals surface area contributed by atoms with Crippen LogP contribution in [0.1, 0.15) is 0 Å². The Morgan fingerprint density at radius 3 is 0.892 bits per heavy atom. The highest BCUT2D eigenvalue weighted by Gasteiger charge is 2.27. The Hall–Kier alpha value is -9.62. The molecule has 0 heteroatoms. The van der Waals surface area contributed by atoms with Crippen molar-refractivity contribution in [3.8, 4) is 66.8 Å². The summed E-state index contributed by atoms with van der Waals surface area (Å²) in [5.74, 6) is 0. The zero-order valence-electron chi connectivity index (χ0n) is 40.4. The minimum absolute atomic E-state index is 1.19. The van der Waals surface area contributed by atoms with Gasteiger partial charge in [-0.1, -0.05) is 206 Å². The molecule has 0 nitrogen and oxygen atoms in total. The molecule has 0 spiro atoms. The summed E-state index contributed by atoms with van der Waals surface area (Å²) in [6.45, 7) is 0. The van der Waals surface area contributed by atoms with Gasteiger partial charge >= 0.3 is 0 Å². The van der Waals surface area contributed by atoms with Crippen LogP contribution in [0.5, 0.6) is 0 Å². The molecule has 16 rings (SSSR count). The van der Waals surface area contributed by atoms with Crippen LogP contribution in [0, 0.1) is 0 Å². The van der Waals surface area contributed by atoms with Crippen molar-refractivity contribution in [3.05, 3.63) is 267 Å². The SMILES string of the molecule is c1ccc(-c2cc(-c3ccccc3)cc(-c3c4cc5c(cc4c(-c4cc(-c6ccccc6)cc(-c6ccccc6)c4)c4c6cc7ccccc7c7cccc(c34)c76)c3cccc4c6ccccc6cc5c43)c2)cc1. The lowest BCUT2D eigenvalue weighted by Crippen LogP contribution is -1.93. The smallest absolute Gasteiger partial charge is 0.000718 e. The van der Waals surface area contributed by atoms with Crippen molar-refractivity contribution in [3.63, 3.8) is 0 Å². The van der Waals surface area contributed by atoms with E-state index >= 15 is 0 Å². The van der Waals surface area contributed by atoms with Gasteiger partial charge in [0.15, 0.2) is 0 Å². The van der Waals surface area contributed by atoms with Gasteiger partial charge in [0.25, 0.3) is 0 Å². The zero-order chi connectivity index (χ0) is 48.4. The Balaban J connectivity index is 1.17. The Kier molecular flexibility index (Phi) is 8.84. The molecule has 0 aliphatic carbocycles. The fourth-order valence-corrected chi connectivity index (χ4v) is 13.0. The maximum Gasteiger partial charge on any atom is -0.000718 e. The molecule has 74 heavy (non-hydrogen) atoms. The summed E-state index contributed by atoms with van der Waals surface area (Å²) in [5, 5.41) is 23.1. The highest BCUT2D eigenvalue weighted by Crippen LogP contribution is 2.55. The average Bonchev–Trinajstić information content (AvgIpc) is 4.00. The molecule has 0 aliphatic rings. The van der Waals surface area contributed by atoms with Crippen molar-refractivity contribution < 1.29 is 0 Å². The van der Waals surface area contributed by atoms with E-state index in [9.17, 15) is 0 Å². The van der Waals surface area contributed by atoms with Gasteiger partial charge in [-0.3, -0.25) is 0 Å². The molecule has 0 saturated heterocycles. The molecule has 0 aromatic heterocycles. The third-order valence-electron chi connectivity index (χ3n) is 16.2. The summed E-state index contributed by atoms with van der Waals surface area (Å²) in [7, 11) is 0. The molecule has 0 aliphatic heterocycles. The molecule has 0 heterocycles. The second-order valence-corrected chi connectivity index (χ2v) is 20.3. The van der Waals surface area contributed by atoms with Crippen LogP contribution >= 0.6 is 0 Å². The van der Waals surface area contributed by atoms with Crippen LogP contribution in [0.3, 0.4) is 0 Å². The summed E-state index contributed by atoms with van der Waals surface area (Å²) in [6.07, 6.45) is 0. The monoisotopic (exact) mass is 932 g/mol. The van der Waals surface area contributed by atoms with E-state index < -0.39 is 0 Å². The normalized spacial score (nSPS) is 12.1. The van der Waals surface area contributed by atoms with Gasteiger partial charge < -0.3 is 0 Å². The lowest BCUT2D eigenvalue weighted by Gasteiger charge is -2.20. The molecular weight excluding hydrogens is 889 g/mol. The Morgan fingerprint density at radius 1 is 0.135 bits per heavy atom. The molecule has 0 saturated carbocycles. The minimum atomic E-state index is 1.19. The van der Waals surface area contributed by atoms with Crippen LogP contribution in [0.25, 0.3) is 164 Å². The molecule has 0 unspecified atom stereocenters. The van der Waals surface area contributed by atoms with Gasteiger partial charge in [0, 0.05) is 0 Å². The van der Waals surface area contributed by atoms with Gasteiger partial charge in [0.2, 0.25) is 0 Å². The van der Waals surface area contributed by atoms with Crippen molar-refractivity contribution in [2.75, 3.05) is 0 Å². The van der Waals surface area contributed by atoms with Crippen LogP contribution in [-0.4, -0.2) is 0 Å². The highest BCUT2D eigenvalue weighted by molar-refractivity contribution is 6.44. The van der Waals surface area contributed by atoms with Gasteiger partial charge in [-0.25, -0.2) is 0 Å². The predicted octanol–water partition coefficient (Wildman–Crippen LogP) is 20.9. The Bertz CT molecular complexity index is 4780. The lowest BCUT2D eigenvalue weighted by atomic mass is 9.83. The molecule has 0 bridgehead atoms. The van der Waals surface area contributed by atoms with E-state index in [0.29, 0.717) is 0 Å². The average molecular weight is 933 g/mol. The zero-order valence-corrected chi connectivity index (χ0v) is 40.4. The summed E-state index contributed by atoms with van der Waals surface area (Å²) in [5.41, 5.74) is 14.5. The van der Waals surface area contributed by atoms with E-state index in [1.165, 1.54) is 164 Å². The van der Waals surface area contributed by atoms with E-state index in [4.69, 9.17) is 0 Å². The summed E-state index contributed by atoms with van der Waals surface area (Å²) >= 11 is 0. The molecule has 340 valence electrons. The second kappa shape index (κ2) is 15.9. The number of fused-ring (bicyclic) bond motifs is 11. The van der Waals surface area contributed by atoms with E-state index in [1.807, 2.05) is 0 Å². The number of benzene rings is 14. The molecule has 0 fully saturated rings. The van der Waals surface area contributed by atoms with Gasteiger partial charge in [-0.2, -0.15) is 0 Å². The van der Waals surface area contributed by atoms with E-state index in [-0.39, 0.29) is 0 Å². The number of hydrogen-bond acceptors (Lipinski definition) is 0. The molecule has 0 amide bonds. The Morgan fingerprint density at radius 2 is 0.446 bits per heavy atom. The topological polar surface area (TPSA) is 0 Å². The highest BCUT2D eigenvalue weighted by atomic mass is 14.3. The third kappa shape index (κ3) is 6.09. The van der Waals surface area contributed by atoms with Gasteiger partial charge in [0.05, 0.1) is 0 Å². The van der Waals surface area contributed by atoms with E-state index in [1.54, 1.807) is 0 Å². The van der Waals surface area contributed by atoms with Crippen LogP contribution < -0.4 is 0 Å². The summed E-state index contributed by atoms with van der Waals surface area (Å²) < 4.78 is 0. The van der Waals surface area contributed by atoms with Crippen LogP contribution in [0.2, 0.25) is 0 Å². The molecule has 0 radical (unpaired) electrons. The van der Waals surface area contributed by atoms with Crippen molar-refractivity contribution in [1.29, 1.82) is 0 Å². The van der Waals surface area contributed by atoms with E-state index in [0.717, 1.165) is 0 Å². The molecule has 0 atom stereocenters. The first-order chi connectivity index (χ1) is 36.7. The summed E-state index contributed by atoms with van der Waals surface area (Å²) in [4.78, 5) is 0. The van der Waals surface area contributed by atoms with Crippen molar-refractivity contribution >= 4 is 97.0 Å². The number of hydrogen-bond donors (Lipinski definition) is 0. The molecular formula is C74H44. The van der Waals surface area contributed by atoms with Crippen molar-refractivity contribution in [2.45, 2.75) is 0 Å². The first-order valence-electron chi connectivity index (χ1n) is 25.8. The summed E-state index contributed by atoms with van der Waals surface area (Å²) in [6, 6.07) is 100. The van der Waals surface area contributed by atoms with Crippen LogP contribution in [0.4, 0.5) is 0 Å². The van der Waals surface area contributed by atoms with E-state index in [2.05, 4.69) is 267 Å². The Labute approximate surface area is 428 Å². The van der Waals surface area contributed by atoms with Crippen LogP contribution in [0.15, 0.2) is 267 Å². The van der Waals surface area contributed by atoms with Crippen molar-refractivity contribution in [2.24, 2.45) is 0 Å². The third-order valence-corrected chi connectivity index (χ3v) is 16.2. The largest absolute Gasteiger partial charge is 0.0622 e. The minimum Gasteiger partial charge on any atom is -0.0622 e. The first-order valence-corrected chi connectivity index (χ1v) is 25.8. The van der Waals surface area contributed by atoms with Gasteiger partial charge in [0.1, 0.15) is 0 Å². The van der Waals surface area contributed by atoms with Gasteiger partial charge in [-0.05, 0) is 224 Å². The molecule has 0 N–H and O–H groups in total. The first kappa shape index (κ1) is 41.0. The van der Waals surface area contributed by atoms with Crippen molar-refractivity contribution in [1.82, 2.24) is 0 Å². The lowest BCUT2D eigenvalue weighted by molar-refractivity contribution is 1.58. The molecule has 16 aromatic carbocycles. The second-order valence-electron chi connectivity index (χ2n) is 20.3. The molecule has 16 aromatic rings. The predicted molar refractivity (Wildman–Crippen MR) is 319 cm³/mol. The number of rotatable bonds is 6.